The molecule has 0 bridgehead atoms. The highest BCUT2D eigenvalue weighted by molar-refractivity contribution is 6.38. The van der Waals surface area contributed by atoms with E-state index in [9.17, 15) is 9.59 Å². The lowest BCUT2D eigenvalue weighted by molar-refractivity contribution is -0.116. The van der Waals surface area contributed by atoms with Gasteiger partial charge in [0.1, 0.15) is 5.75 Å². The summed E-state index contributed by atoms with van der Waals surface area (Å²) >= 11 is 18.4. The first kappa shape index (κ1) is 22.3. The number of rotatable bonds is 7. The smallest absolute Gasteiger partial charge is 0.256 e. The molecule has 0 aromatic heterocycles. The molecule has 2 rings (SSSR count). The molecule has 150 valence electrons. The maximum atomic E-state index is 13.1. The number of nitrogens with one attached hydrogen (secondary N) is 1. The van der Waals surface area contributed by atoms with E-state index in [0.717, 1.165) is 5.56 Å². The number of hydrogen-bond acceptors (Lipinski definition) is 3. The van der Waals surface area contributed by atoms with E-state index in [1.165, 1.54) is 17.0 Å². The van der Waals surface area contributed by atoms with Gasteiger partial charge in [-0.1, -0.05) is 41.7 Å². The quantitative estimate of drug-likeness (QED) is 0.600. The molecule has 0 saturated heterocycles. The lowest BCUT2D eigenvalue weighted by Gasteiger charge is -2.21. The van der Waals surface area contributed by atoms with Crippen molar-refractivity contribution in [1.82, 2.24) is 4.90 Å². The maximum absolute atomic E-state index is 13.1. The van der Waals surface area contributed by atoms with E-state index >= 15 is 0 Å². The molecule has 0 spiro atoms. The highest BCUT2D eigenvalue weighted by atomic mass is 35.5. The highest BCUT2D eigenvalue weighted by Gasteiger charge is 2.21. The van der Waals surface area contributed by atoms with Crippen molar-refractivity contribution in [2.24, 2.45) is 0 Å². The number of amides is 2. The van der Waals surface area contributed by atoms with Crippen LogP contribution in [-0.4, -0.2) is 30.9 Å². The van der Waals surface area contributed by atoms with Crippen molar-refractivity contribution in [1.29, 1.82) is 0 Å². The van der Waals surface area contributed by atoms with Crippen LogP contribution in [0.1, 0.15) is 35.7 Å². The Bertz CT molecular complexity index is 887. The molecule has 0 saturated carbocycles. The van der Waals surface area contributed by atoms with Crippen LogP contribution in [0.25, 0.3) is 0 Å². The van der Waals surface area contributed by atoms with Gasteiger partial charge in [-0.05, 0) is 36.8 Å². The van der Waals surface area contributed by atoms with E-state index < -0.39 is 0 Å². The molecule has 0 aliphatic heterocycles. The predicted molar refractivity (Wildman–Crippen MR) is 114 cm³/mol. The van der Waals surface area contributed by atoms with Gasteiger partial charge in [0.2, 0.25) is 5.91 Å². The van der Waals surface area contributed by atoms with Gasteiger partial charge in [0.15, 0.2) is 0 Å². The van der Waals surface area contributed by atoms with Crippen LogP contribution < -0.4 is 10.1 Å². The molecular weight excluding hydrogens is 423 g/mol. The number of halogens is 3. The third kappa shape index (κ3) is 5.53. The van der Waals surface area contributed by atoms with Gasteiger partial charge in [-0.15, -0.1) is 0 Å². The Morgan fingerprint density at radius 1 is 1.11 bits per heavy atom. The van der Waals surface area contributed by atoms with Gasteiger partial charge in [-0.25, -0.2) is 0 Å². The summed E-state index contributed by atoms with van der Waals surface area (Å²) in [5, 5.41) is 3.76. The van der Waals surface area contributed by atoms with Crippen molar-refractivity contribution in [3.8, 4) is 5.75 Å². The number of nitrogens with zero attached hydrogens (tertiary/aromatic N) is 1. The van der Waals surface area contributed by atoms with Crippen molar-refractivity contribution < 1.29 is 14.3 Å². The van der Waals surface area contributed by atoms with Crippen LogP contribution in [0, 0.1) is 0 Å². The number of ether oxygens (including phenoxy) is 1. The summed E-state index contributed by atoms with van der Waals surface area (Å²) in [6, 6.07) is 8.16. The molecule has 0 radical (unpaired) electrons. The molecule has 28 heavy (non-hydrogen) atoms. The third-order valence-electron chi connectivity index (χ3n) is 4.02. The van der Waals surface area contributed by atoms with E-state index in [-0.39, 0.29) is 34.6 Å². The second-order valence-electron chi connectivity index (χ2n) is 6.23. The molecule has 2 amide bonds. The summed E-state index contributed by atoms with van der Waals surface area (Å²) in [6.45, 7) is 2.14. The standard InChI is InChI=1S/C20H21Cl3N2O3/c1-4-5-18(26)24-19-15(9-14(22)10-16(19)23)20(27)25(2)11-12-8-13(21)6-7-17(12)28-3/h6-10H,4-5,11H2,1-3H3,(H,24,26). The van der Waals surface area contributed by atoms with Crippen LogP contribution >= 0.6 is 34.8 Å². The minimum absolute atomic E-state index is 0.203. The van der Waals surface area contributed by atoms with E-state index in [0.29, 0.717) is 28.6 Å². The number of carbonyl (C=O) groups is 2. The van der Waals surface area contributed by atoms with Crippen molar-refractivity contribution in [2.45, 2.75) is 26.3 Å². The summed E-state index contributed by atoms with van der Waals surface area (Å²) in [4.78, 5) is 26.6. The van der Waals surface area contributed by atoms with Crippen LogP contribution in [0.15, 0.2) is 30.3 Å². The van der Waals surface area contributed by atoms with E-state index in [1.54, 1.807) is 32.4 Å². The zero-order valence-corrected chi connectivity index (χ0v) is 18.1. The van der Waals surface area contributed by atoms with E-state index in [1.807, 2.05) is 6.92 Å². The Morgan fingerprint density at radius 2 is 1.82 bits per heavy atom. The fourth-order valence-corrected chi connectivity index (χ4v) is 3.44. The zero-order chi connectivity index (χ0) is 20.8. The summed E-state index contributed by atoms with van der Waals surface area (Å²) in [6.07, 6.45) is 0.997. The molecule has 8 heteroatoms. The minimum atomic E-state index is -0.349. The third-order valence-corrected chi connectivity index (χ3v) is 4.77. The molecule has 0 heterocycles. The average molecular weight is 444 g/mol. The number of anilines is 1. The summed E-state index contributed by atoms with van der Waals surface area (Å²) in [7, 11) is 3.18. The normalized spacial score (nSPS) is 10.5. The lowest BCUT2D eigenvalue weighted by Crippen LogP contribution is -2.28. The minimum Gasteiger partial charge on any atom is -0.496 e. The van der Waals surface area contributed by atoms with Gasteiger partial charge in [0.25, 0.3) is 5.91 Å². The maximum Gasteiger partial charge on any atom is 0.256 e. The van der Waals surface area contributed by atoms with E-state index in [4.69, 9.17) is 39.5 Å². The Labute approximate surface area is 179 Å². The summed E-state index contributed by atoms with van der Waals surface area (Å²) in [5.74, 6) is 0.0443. The largest absolute Gasteiger partial charge is 0.496 e. The molecule has 0 aliphatic rings. The second-order valence-corrected chi connectivity index (χ2v) is 7.51. The van der Waals surface area contributed by atoms with Crippen molar-refractivity contribution in [3.05, 3.63) is 56.5 Å². The van der Waals surface area contributed by atoms with Crippen molar-refractivity contribution >= 4 is 52.3 Å². The molecule has 0 fully saturated rings. The lowest BCUT2D eigenvalue weighted by atomic mass is 10.1. The fraction of sp³-hybridized carbons (Fsp3) is 0.300. The van der Waals surface area contributed by atoms with Gasteiger partial charge < -0.3 is 15.0 Å². The summed E-state index contributed by atoms with van der Waals surface area (Å²) < 4.78 is 5.33. The Balaban J connectivity index is 2.34. The van der Waals surface area contributed by atoms with Crippen LogP contribution in [-0.2, 0) is 11.3 Å². The van der Waals surface area contributed by atoms with Crippen LogP contribution in [0.2, 0.25) is 15.1 Å². The molecule has 0 unspecified atom stereocenters. The molecule has 2 aromatic carbocycles. The van der Waals surface area contributed by atoms with Gasteiger partial charge in [-0.3, -0.25) is 9.59 Å². The molecule has 5 nitrogen and oxygen atoms in total. The first-order valence-electron chi connectivity index (χ1n) is 8.63. The molecule has 0 atom stereocenters. The predicted octanol–water partition coefficient (Wildman–Crippen LogP) is 5.67. The topological polar surface area (TPSA) is 58.6 Å². The Morgan fingerprint density at radius 3 is 2.46 bits per heavy atom. The van der Waals surface area contributed by atoms with Gasteiger partial charge in [0, 0.05) is 35.6 Å². The van der Waals surface area contributed by atoms with Gasteiger partial charge >= 0.3 is 0 Å². The van der Waals surface area contributed by atoms with Crippen LogP contribution in [0.5, 0.6) is 5.75 Å². The number of hydrogen-bond donors (Lipinski definition) is 1. The number of benzene rings is 2. The van der Waals surface area contributed by atoms with Gasteiger partial charge in [-0.2, -0.15) is 0 Å². The van der Waals surface area contributed by atoms with Gasteiger partial charge in [0.05, 0.1) is 23.4 Å². The molecule has 1 N–H and O–H groups in total. The first-order valence-corrected chi connectivity index (χ1v) is 9.77. The van der Waals surface area contributed by atoms with Crippen molar-refractivity contribution in [2.75, 3.05) is 19.5 Å². The van der Waals surface area contributed by atoms with Crippen LogP contribution in [0.3, 0.4) is 0 Å². The Hall–Kier alpha value is -1.95. The summed E-state index contributed by atoms with van der Waals surface area (Å²) in [5.41, 5.74) is 1.21. The zero-order valence-electron chi connectivity index (χ0n) is 15.8. The van der Waals surface area contributed by atoms with E-state index in [2.05, 4.69) is 5.32 Å². The van der Waals surface area contributed by atoms with Crippen molar-refractivity contribution in [3.63, 3.8) is 0 Å². The monoisotopic (exact) mass is 442 g/mol. The second kappa shape index (κ2) is 10.0. The highest BCUT2D eigenvalue weighted by Crippen LogP contribution is 2.32. The SMILES string of the molecule is CCCC(=O)Nc1c(Cl)cc(Cl)cc1C(=O)N(C)Cc1cc(Cl)ccc1OC. The molecule has 2 aromatic rings. The average Bonchev–Trinajstić information content (AvgIpc) is 2.63. The fourth-order valence-electron chi connectivity index (χ4n) is 2.70. The number of methoxy groups -OCH3 is 1. The molecule has 0 aliphatic carbocycles. The number of carbonyl (C=O) groups excluding carboxylic acids is 2. The van der Waals surface area contributed by atoms with Crippen LogP contribution in [0.4, 0.5) is 5.69 Å². The molecular formula is C20H21Cl3N2O3. The Kier molecular flexibility index (Phi) is 7.98. The first-order chi connectivity index (χ1) is 13.3.